The zero-order chi connectivity index (χ0) is 10.8. The van der Waals surface area contributed by atoms with Crippen LogP contribution < -0.4 is 15.2 Å². The van der Waals surface area contributed by atoms with Crippen molar-refractivity contribution in [2.24, 2.45) is 5.73 Å². The molecule has 0 aliphatic carbocycles. The number of hydrogen-bond donors (Lipinski definition) is 1. The number of carbonyl (C=O) groups excluding carboxylic acids is 1. The molecule has 2 N–H and O–H groups in total. The Balaban J connectivity index is 2.13. The first-order valence-electron chi connectivity index (χ1n) is 4.49. The lowest BCUT2D eigenvalue weighted by molar-refractivity contribution is -0.117. The summed E-state index contributed by atoms with van der Waals surface area (Å²) in [6, 6.07) is 5.44. The number of rotatable bonds is 3. The molecule has 1 atom stereocenters. The van der Waals surface area contributed by atoms with Crippen molar-refractivity contribution in [1.29, 1.82) is 0 Å². The maximum absolute atomic E-state index is 10.8. The third-order valence-electron chi connectivity index (χ3n) is 2.16. The molecule has 0 saturated heterocycles. The number of primary amides is 1. The van der Waals surface area contributed by atoms with E-state index in [1.165, 1.54) is 0 Å². The maximum atomic E-state index is 10.8. The van der Waals surface area contributed by atoms with Gasteiger partial charge in [-0.1, -0.05) is 6.07 Å². The number of hydrogen-bond acceptors (Lipinski definition) is 3. The SMILES string of the molecule is NC(=O)C(Cl)Cc1ccc2c(c1)OCO2. The molecule has 1 amide bonds. The molecule has 2 rings (SSSR count). The highest BCUT2D eigenvalue weighted by Crippen LogP contribution is 2.32. The lowest BCUT2D eigenvalue weighted by Gasteiger charge is -2.05. The zero-order valence-corrected chi connectivity index (χ0v) is 8.66. The third-order valence-corrected chi connectivity index (χ3v) is 2.53. The molecule has 0 saturated carbocycles. The predicted molar refractivity (Wildman–Crippen MR) is 55.1 cm³/mol. The van der Waals surface area contributed by atoms with E-state index in [9.17, 15) is 4.79 Å². The second-order valence-electron chi connectivity index (χ2n) is 3.26. The van der Waals surface area contributed by atoms with E-state index in [4.69, 9.17) is 26.8 Å². The average molecular weight is 228 g/mol. The molecular weight excluding hydrogens is 218 g/mol. The predicted octanol–water partition coefficient (Wildman–Crippen LogP) is 1.05. The van der Waals surface area contributed by atoms with E-state index in [1.807, 2.05) is 6.07 Å². The van der Waals surface area contributed by atoms with Crippen LogP contribution in [0, 0.1) is 0 Å². The minimum absolute atomic E-state index is 0.235. The lowest BCUT2D eigenvalue weighted by atomic mass is 10.1. The van der Waals surface area contributed by atoms with Gasteiger partial charge < -0.3 is 15.2 Å². The van der Waals surface area contributed by atoms with Crippen LogP contribution in [-0.2, 0) is 11.2 Å². The highest BCUT2D eigenvalue weighted by Gasteiger charge is 2.16. The summed E-state index contributed by atoms with van der Waals surface area (Å²) in [4.78, 5) is 10.8. The van der Waals surface area contributed by atoms with E-state index in [0.29, 0.717) is 17.9 Å². The van der Waals surface area contributed by atoms with E-state index in [2.05, 4.69) is 0 Å². The molecule has 0 radical (unpaired) electrons. The molecule has 5 heteroatoms. The van der Waals surface area contributed by atoms with Gasteiger partial charge in [0.1, 0.15) is 5.38 Å². The molecule has 15 heavy (non-hydrogen) atoms. The van der Waals surface area contributed by atoms with Crippen molar-refractivity contribution in [3.05, 3.63) is 23.8 Å². The summed E-state index contributed by atoms with van der Waals surface area (Å²) in [5.74, 6) is 0.874. The first-order valence-corrected chi connectivity index (χ1v) is 4.92. The van der Waals surface area contributed by atoms with Crippen LogP contribution in [0.1, 0.15) is 5.56 Å². The van der Waals surface area contributed by atoms with Gasteiger partial charge in [0.2, 0.25) is 12.7 Å². The largest absolute Gasteiger partial charge is 0.454 e. The van der Waals surface area contributed by atoms with Crippen LogP contribution in [0.2, 0.25) is 0 Å². The monoisotopic (exact) mass is 227 g/mol. The van der Waals surface area contributed by atoms with Crippen molar-refractivity contribution < 1.29 is 14.3 Å². The number of halogens is 1. The lowest BCUT2D eigenvalue weighted by Crippen LogP contribution is -2.25. The Bertz CT molecular complexity index is 394. The van der Waals surface area contributed by atoms with E-state index in [1.54, 1.807) is 12.1 Å². The van der Waals surface area contributed by atoms with Gasteiger partial charge in [-0.05, 0) is 24.1 Å². The summed E-state index contributed by atoms with van der Waals surface area (Å²) in [5.41, 5.74) is 5.97. The minimum atomic E-state index is -0.689. The van der Waals surface area contributed by atoms with Crippen LogP contribution in [0.3, 0.4) is 0 Å². The summed E-state index contributed by atoms with van der Waals surface area (Å²) in [6.45, 7) is 0.235. The van der Waals surface area contributed by atoms with Crippen molar-refractivity contribution in [3.63, 3.8) is 0 Å². The van der Waals surface area contributed by atoms with Gasteiger partial charge in [-0.3, -0.25) is 4.79 Å². The molecule has 0 fully saturated rings. The average Bonchev–Trinajstić information content (AvgIpc) is 2.64. The van der Waals surface area contributed by atoms with Crippen LogP contribution in [0.25, 0.3) is 0 Å². The van der Waals surface area contributed by atoms with Gasteiger partial charge in [0.15, 0.2) is 11.5 Å². The summed E-state index contributed by atoms with van der Waals surface area (Å²) < 4.78 is 10.4. The van der Waals surface area contributed by atoms with E-state index < -0.39 is 11.3 Å². The molecular formula is C10H10ClNO3. The second kappa shape index (κ2) is 3.98. The van der Waals surface area contributed by atoms with E-state index in [-0.39, 0.29) is 6.79 Å². The Kier molecular flexibility index (Phi) is 2.68. The number of benzene rings is 1. The van der Waals surface area contributed by atoms with Crippen LogP contribution in [-0.4, -0.2) is 18.1 Å². The fraction of sp³-hybridized carbons (Fsp3) is 0.300. The number of carbonyl (C=O) groups is 1. The number of fused-ring (bicyclic) bond motifs is 1. The summed E-state index contributed by atoms with van der Waals surface area (Å²) in [7, 11) is 0. The normalized spacial score (nSPS) is 15.0. The Morgan fingerprint density at radius 3 is 2.93 bits per heavy atom. The van der Waals surface area contributed by atoms with E-state index >= 15 is 0 Å². The highest BCUT2D eigenvalue weighted by molar-refractivity contribution is 6.30. The second-order valence-corrected chi connectivity index (χ2v) is 3.79. The van der Waals surface area contributed by atoms with Crippen molar-refractivity contribution in [3.8, 4) is 11.5 Å². The minimum Gasteiger partial charge on any atom is -0.454 e. The van der Waals surface area contributed by atoms with E-state index in [0.717, 1.165) is 5.56 Å². The van der Waals surface area contributed by atoms with Crippen molar-refractivity contribution in [1.82, 2.24) is 0 Å². The summed E-state index contributed by atoms with van der Waals surface area (Å²) in [6.07, 6.45) is 0.396. The van der Waals surface area contributed by atoms with Gasteiger partial charge in [0.05, 0.1) is 0 Å². The van der Waals surface area contributed by atoms with Gasteiger partial charge in [0.25, 0.3) is 0 Å². The van der Waals surface area contributed by atoms with Gasteiger partial charge in [-0.2, -0.15) is 0 Å². The van der Waals surface area contributed by atoms with Gasteiger partial charge in [-0.25, -0.2) is 0 Å². The Morgan fingerprint density at radius 2 is 2.20 bits per heavy atom. The maximum Gasteiger partial charge on any atom is 0.235 e. The van der Waals surface area contributed by atoms with Gasteiger partial charge >= 0.3 is 0 Å². The Morgan fingerprint density at radius 1 is 1.47 bits per heavy atom. The topological polar surface area (TPSA) is 61.6 Å². The quantitative estimate of drug-likeness (QED) is 0.786. The van der Waals surface area contributed by atoms with Gasteiger partial charge in [0, 0.05) is 0 Å². The molecule has 1 heterocycles. The fourth-order valence-electron chi connectivity index (χ4n) is 1.38. The van der Waals surface area contributed by atoms with Crippen LogP contribution in [0.15, 0.2) is 18.2 Å². The molecule has 4 nitrogen and oxygen atoms in total. The molecule has 1 aromatic carbocycles. The first kappa shape index (κ1) is 10.1. The molecule has 80 valence electrons. The molecule has 0 spiro atoms. The smallest absolute Gasteiger partial charge is 0.235 e. The van der Waals surface area contributed by atoms with Gasteiger partial charge in [-0.15, -0.1) is 11.6 Å². The molecule has 1 aliphatic heterocycles. The first-order chi connectivity index (χ1) is 7.16. The summed E-state index contributed by atoms with van der Waals surface area (Å²) >= 11 is 5.75. The van der Waals surface area contributed by atoms with Crippen molar-refractivity contribution in [2.75, 3.05) is 6.79 Å². The fourth-order valence-corrected chi connectivity index (χ4v) is 1.55. The molecule has 0 aromatic heterocycles. The summed E-state index contributed by atoms with van der Waals surface area (Å²) in [5, 5.41) is -0.689. The van der Waals surface area contributed by atoms with Crippen LogP contribution in [0.5, 0.6) is 11.5 Å². The van der Waals surface area contributed by atoms with Crippen molar-refractivity contribution >= 4 is 17.5 Å². The van der Waals surface area contributed by atoms with Crippen LogP contribution >= 0.6 is 11.6 Å². The number of nitrogens with two attached hydrogens (primary N) is 1. The number of alkyl halides is 1. The Labute approximate surface area is 91.9 Å². The molecule has 0 bridgehead atoms. The zero-order valence-electron chi connectivity index (χ0n) is 7.90. The number of amides is 1. The molecule has 1 aromatic rings. The van der Waals surface area contributed by atoms with Crippen LogP contribution in [0.4, 0.5) is 0 Å². The Hall–Kier alpha value is -1.42. The van der Waals surface area contributed by atoms with Crippen molar-refractivity contribution in [2.45, 2.75) is 11.8 Å². The number of ether oxygens (including phenoxy) is 2. The molecule has 1 unspecified atom stereocenters. The third kappa shape index (κ3) is 2.15. The molecule has 1 aliphatic rings. The highest BCUT2D eigenvalue weighted by atomic mass is 35.5. The standard InChI is InChI=1S/C10H10ClNO3/c11-7(10(12)13)3-6-1-2-8-9(4-6)15-5-14-8/h1-2,4,7H,3,5H2,(H2,12,13).